The number of benzene rings is 2. The molecule has 3 aromatic rings. The second-order valence-corrected chi connectivity index (χ2v) is 8.81. The molecule has 0 fully saturated rings. The lowest BCUT2D eigenvalue weighted by Gasteiger charge is -2.12. The molecule has 0 spiro atoms. The Balaban J connectivity index is 1.59. The van der Waals surface area contributed by atoms with Crippen LogP contribution < -0.4 is 4.74 Å². The first-order chi connectivity index (χ1) is 15.7. The van der Waals surface area contributed by atoms with Crippen LogP contribution in [0.5, 0.6) is 5.75 Å². The molecule has 0 atom stereocenters. The van der Waals surface area contributed by atoms with Crippen molar-refractivity contribution in [1.29, 1.82) is 0 Å². The highest BCUT2D eigenvalue weighted by atomic mass is 35.5. The minimum Gasteiger partial charge on any atom is -0.493 e. The van der Waals surface area contributed by atoms with Gasteiger partial charge in [0.2, 0.25) is 0 Å². The van der Waals surface area contributed by atoms with Crippen molar-refractivity contribution >= 4 is 40.3 Å². The predicted molar refractivity (Wildman–Crippen MR) is 121 cm³/mol. The zero-order valence-corrected chi connectivity index (χ0v) is 19.7. The van der Waals surface area contributed by atoms with E-state index < -0.39 is 11.9 Å². The standard InChI is InChI=1S/C23H23ClF3NO4S/c1-3-5-15-18(8-7-16-21(15)32-28-22(16)23(25,26)27)31-10-4-11-33-19-9-6-14(12-17(19)24)13-20(29)30-2/h6-9,12H,3-5,10-11,13H2,1-2H3. The fourth-order valence-electron chi connectivity index (χ4n) is 3.30. The lowest BCUT2D eigenvalue weighted by atomic mass is 10.0. The van der Waals surface area contributed by atoms with Gasteiger partial charge in [0.15, 0.2) is 11.3 Å². The fourth-order valence-corrected chi connectivity index (χ4v) is 4.51. The van der Waals surface area contributed by atoms with Crippen molar-refractivity contribution in [2.75, 3.05) is 19.5 Å². The Bertz CT molecular complexity index is 1120. The van der Waals surface area contributed by atoms with E-state index in [2.05, 4.69) is 9.89 Å². The molecule has 0 unspecified atom stereocenters. The quantitative estimate of drug-likeness (QED) is 0.174. The number of thioether (sulfide) groups is 1. The third kappa shape index (κ3) is 6.35. The van der Waals surface area contributed by atoms with Crippen LogP contribution >= 0.6 is 23.4 Å². The molecule has 2 aromatic carbocycles. The van der Waals surface area contributed by atoms with E-state index in [9.17, 15) is 18.0 Å². The van der Waals surface area contributed by atoms with Gasteiger partial charge >= 0.3 is 12.1 Å². The summed E-state index contributed by atoms with van der Waals surface area (Å²) in [7, 11) is 1.34. The van der Waals surface area contributed by atoms with Crippen molar-refractivity contribution in [3.8, 4) is 5.75 Å². The zero-order chi connectivity index (χ0) is 24.0. The molecule has 178 valence electrons. The number of ether oxygens (including phenoxy) is 2. The molecule has 0 aliphatic rings. The van der Waals surface area contributed by atoms with Gasteiger partial charge in [0.05, 0.1) is 30.5 Å². The molecule has 1 aromatic heterocycles. The van der Waals surface area contributed by atoms with Crippen LogP contribution in [0.1, 0.15) is 36.6 Å². The first kappa shape index (κ1) is 25.2. The third-order valence-electron chi connectivity index (χ3n) is 4.85. The lowest BCUT2D eigenvalue weighted by molar-refractivity contribution is -0.141. The monoisotopic (exact) mass is 501 g/mol. The summed E-state index contributed by atoms with van der Waals surface area (Å²) >= 11 is 7.87. The Morgan fingerprint density at radius 2 is 2.03 bits per heavy atom. The molecule has 0 saturated carbocycles. The number of methoxy groups -OCH3 is 1. The first-order valence-electron chi connectivity index (χ1n) is 10.3. The number of halogens is 4. The molecule has 0 saturated heterocycles. The van der Waals surface area contributed by atoms with Crippen molar-refractivity contribution in [2.45, 2.75) is 43.7 Å². The summed E-state index contributed by atoms with van der Waals surface area (Å²) in [6, 6.07) is 8.33. The highest BCUT2D eigenvalue weighted by Gasteiger charge is 2.37. The average molecular weight is 502 g/mol. The molecule has 3 rings (SSSR count). The van der Waals surface area contributed by atoms with E-state index in [-0.39, 0.29) is 23.4 Å². The number of aryl methyl sites for hydroxylation is 1. The molecule has 33 heavy (non-hydrogen) atoms. The van der Waals surface area contributed by atoms with Crippen LogP contribution in [0, 0.1) is 0 Å². The Hall–Kier alpha value is -2.39. The zero-order valence-electron chi connectivity index (χ0n) is 18.1. The van der Waals surface area contributed by atoms with Gasteiger partial charge in [-0.25, -0.2) is 0 Å². The van der Waals surface area contributed by atoms with Gasteiger partial charge in [0, 0.05) is 16.2 Å². The van der Waals surface area contributed by atoms with E-state index in [1.165, 1.54) is 13.2 Å². The Labute approximate surface area is 198 Å². The summed E-state index contributed by atoms with van der Waals surface area (Å²) < 4.78 is 55.0. The first-order valence-corrected chi connectivity index (χ1v) is 11.7. The number of rotatable bonds is 10. The van der Waals surface area contributed by atoms with Crippen molar-refractivity contribution in [2.24, 2.45) is 0 Å². The number of alkyl halides is 3. The maximum absolute atomic E-state index is 13.1. The van der Waals surface area contributed by atoms with Crippen molar-refractivity contribution in [1.82, 2.24) is 5.16 Å². The van der Waals surface area contributed by atoms with Crippen LogP contribution in [0.15, 0.2) is 39.8 Å². The summed E-state index contributed by atoms with van der Waals surface area (Å²) in [5.74, 6) is 0.899. The summed E-state index contributed by atoms with van der Waals surface area (Å²) in [6.45, 7) is 2.31. The van der Waals surface area contributed by atoms with Gasteiger partial charge in [-0.05, 0) is 42.7 Å². The summed E-state index contributed by atoms with van der Waals surface area (Å²) in [5.41, 5.74) is 0.469. The lowest BCUT2D eigenvalue weighted by Crippen LogP contribution is -2.06. The van der Waals surface area contributed by atoms with Crippen LogP contribution in [-0.2, 0) is 28.5 Å². The SMILES string of the molecule is CCCc1c(OCCCSc2ccc(CC(=O)OC)cc2Cl)ccc2c(C(F)(F)F)noc12. The second-order valence-electron chi connectivity index (χ2n) is 7.27. The highest BCUT2D eigenvalue weighted by Crippen LogP contribution is 2.38. The van der Waals surface area contributed by atoms with Gasteiger partial charge in [0.25, 0.3) is 0 Å². The Morgan fingerprint density at radius 3 is 2.70 bits per heavy atom. The number of carbonyl (C=O) groups excluding carboxylic acids is 1. The fraction of sp³-hybridized carbons (Fsp3) is 0.391. The summed E-state index contributed by atoms with van der Waals surface area (Å²) in [4.78, 5) is 12.3. The van der Waals surface area contributed by atoms with Gasteiger partial charge in [-0.1, -0.05) is 36.2 Å². The largest absolute Gasteiger partial charge is 0.493 e. The number of nitrogens with zero attached hydrogens (tertiary/aromatic N) is 1. The van der Waals surface area contributed by atoms with Gasteiger partial charge < -0.3 is 14.0 Å². The molecule has 5 nitrogen and oxygen atoms in total. The van der Waals surface area contributed by atoms with Gasteiger partial charge in [-0.15, -0.1) is 11.8 Å². The maximum Gasteiger partial charge on any atom is 0.437 e. The normalized spacial score (nSPS) is 11.7. The number of aromatic nitrogens is 1. The maximum atomic E-state index is 13.1. The summed E-state index contributed by atoms with van der Waals surface area (Å²) in [6.07, 6.45) is -2.49. The van der Waals surface area contributed by atoms with E-state index >= 15 is 0 Å². The smallest absolute Gasteiger partial charge is 0.437 e. The molecule has 0 amide bonds. The highest BCUT2D eigenvalue weighted by molar-refractivity contribution is 7.99. The van der Waals surface area contributed by atoms with Crippen LogP contribution in [0.2, 0.25) is 5.02 Å². The number of esters is 1. The Morgan fingerprint density at radius 1 is 1.24 bits per heavy atom. The van der Waals surface area contributed by atoms with Gasteiger partial charge in [-0.3, -0.25) is 4.79 Å². The molecule has 0 aliphatic heterocycles. The summed E-state index contributed by atoms with van der Waals surface area (Å²) in [5, 5.41) is 3.73. The molecule has 0 N–H and O–H groups in total. The van der Waals surface area contributed by atoms with Crippen LogP contribution in [0.4, 0.5) is 13.2 Å². The van der Waals surface area contributed by atoms with Gasteiger partial charge in [0.1, 0.15) is 5.75 Å². The van der Waals surface area contributed by atoms with Crippen molar-refractivity contribution < 1.29 is 32.0 Å². The molecule has 10 heteroatoms. The average Bonchev–Trinajstić information content (AvgIpc) is 3.21. The minimum absolute atomic E-state index is 0.0563. The van der Waals surface area contributed by atoms with E-state index in [1.54, 1.807) is 23.9 Å². The third-order valence-corrected chi connectivity index (χ3v) is 6.43. The number of hydrogen-bond donors (Lipinski definition) is 0. The van der Waals surface area contributed by atoms with Crippen molar-refractivity contribution in [3.05, 3.63) is 52.2 Å². The number of fused-ring (bicyclic) bond motifs is 1. The van der Waals surface area contributed by atoms with E-state index in [0.29, 0.717) is 35.8 Å². The van der Waals surface area contributed by atoms with Gasteiger partial charge in [-0.2, -0.15) is 13.2 Å². The van der Waals surface area contributed by atoms with Crippen LogP contribution in [0.3, 0.4) is 0 Å². The van der Waals surface area contributed by atoms with Crippen LogP contribution in [0.25, 0.3) is 11.0 Å². The molecule has 0 radical (unpaired) electrons. The van der Waals surface area contributed by atoms with E-state index in [0.717, 1.165) is 22.6 Å². The topological polar surface area (TPSA) is 61.6 Å². The second kappa shape index (κ2) is 11.2. The van der Waals surface area contributed by atoms with Crippen molar-refractivity contribution in [3.63, 3.8) is 0 Å². The minimum atomic E-state index is -4.58. The number of hydrogen-bond acceptors (Lipinski definition) is 6. The molecule has 1 heterocycles. The Kier molecular flexibility index (Phi) is 8.53. The number of carbonyl (C=O) groups is 1. The molecular formula is C23H23ClF3NO4S. The molecule has 0 aliphatic carbocycles. The molecule has 0 bridgehead atoms. The van der Waals surface area contributed by atoms with Crippen LogP contribution in [-0.4, -0.2) is 30.6 Å². The predicted octanol–water partition coefficient (Wildman–Crippen LogP) is 6.73. The van der Waals surface area contributed by atoms with E-state index in [1.807, 2.05) is 19.1 Å². The molecular weight excluding hydrogens is 479 g/mol. The van der Waals surface area contributed by atoms with E-state index in [4.69, 9.17) is 20.9 Å².